The van der Waals surface area contributed by atoms with Crippen molar-refractivity contribution in [2.45, 2.75) is 44.9 Å². The zero-order chi connectivity index (χ0) is 13.2. The Morgan fingerprint density at radius 2 is 2.28 bits per heavy atom. The third kappa shape index (κ3) is 2.77. The monoisotopic (exact) mass is 310 g/mol. The van der Waals surface area contributed by atoms with Gasteiger partial charge < -0.3 is 4.74 Å². The molecule has 3 heteroatoms. The smallest absolute Gasteiger partial charge is 0.305 e. The maximum absolute atomic E-state index is 11.5. The minimum absolute atomic E-state index is 0.0794. The number of rotatable bonds is 4. The minimum Gasteiger partial charge on any atom is -0.466 e. The molecule has 1 aliphatic carbocycles. The van der Waals surface area contributed by atoms with Gasteiger partial charge in [0.05, 0.1) is 6.61 Å². The number of hydrogen-bond acceptors (Lipinski definition) is 2. The van der Waals surface area contributed by atoms with Gasteiger partial charge in [0.15, 0.2) is 0 Å². The van der Waals surface area contributed by atoms with Gasteiger partial charge in [0, 0.05) is 10.9 Å². The van der Waals surface area contributed by atoms with Gasteiger partial charge in [-0.1, -0.05) is 28.9 Å². The summed E-state index contributed by atoms with van der Waals surface area (Å²) in [5, 5.41) is 0. The highest BCUT2D eigenvalue weighted by molar-refractivity contribution is 9.10. The van der Waals surface area contributed by atoms with E-state index in [2.05, 4.69) is 41.1 Å². The normalized spacial score (nSPS) is 21.7. The highest BCUT2D eigenvalue weighted by atomic mass is 79.9. The van der Waals surface area contributed by atoms with Gasteiger partial charge in [0.1, 0.15) is 0 Å². The van der Waals surface area contributed by atoms with Crippen LogP contribution in [0.4, 0.5) is 0 Å². The van der Waals surface area contributed by atoms with Crippen LogP contribution in [-0.4, -0.2) is 12.6 Å². The molecule has 0 fully saturated rings. The molecular formula is C15H19BrO2. The molecular weight excluding hydrogens is 292 g/mol. The number of benzene rings is 1. The van der Waals surface area contributed by atoms with Gasteiger partial charge in [0.2, 0.25) is 0 Å². The lowest BCUT2D eigenvalue weighted by molar-refractivity contribution is -0.143. The van der Waals surface area contributed by atoms with E-state index in [1.54, 1.807) is 0 Å². The molecule has 2 nitrogen and oxygen atoms in total. The van der Waals surface area contributed by atoms with Gasteiger partial charge in [-0.05, 0) is 54.9 Å². The van der Waals surface area contributed by atoms with Gasteiger partial charge in [0.25, 0.3) is 0 Å². The quantitative estimate of drug-likeness (QED) is 0.786. The minimum atomic E-state index is -0.0794. The van der Waals surface area contributed by atoms with Crippen LogP contribution in [0.5, 0.6) is 0 Å². The van der Waals surface area contributed by atoms with Crippen LogP contribution in [0.15, 0.2) is 22.7 Å². The molecule has 0 saturated heterocycles. The average molecular weight is 311 g/mol. The second-order valence-electron chi connectivity index (χ2n) is 5.17. The molecule has 0 aromatic heterocycles. The van der Waals surface area contributed by atoms with Crippen LogP contribution in [0.25, 0.3) is 0 Å². The van der Waals surface area contributed by atoms with E-state index in [0.29, 0.717) is 13.0 Å². The van der Waals surface area contributed by atoms with Crippen LogP contribution in [0.2, 0.25) is 0 Å². The molecule has 1 unspecified atom stereocenters. The summed E-state index contributed by atoms with van der Waals surface area (Å²) >= 11 is 3.51. The van der Waals surface area contributed by atoms with E-state index < -0.39 is 0 Å². The second-order valence-corrected chi connectivity index (χ2v) is 6.08. The van der Waals surface area contributed by atoms with Gasteiger partial charge in [-0.25, -0.2) is 0 Å². The molecule has 1 aromatic rings. The molecule has 98 valence electrons. The van der Waals surface area contributed by atoms with Crippen molar-refractivity contribution < 1.29 is 9.53 Å². The number of fused-ring (bicyclic) bond motifs is 1. The van der Waals surface area contributed by atoms with Gasteiger partial charge in [-0.2, -0.15) is 0 Å². The van der Waals surface area contributed by atoms with E-state index in [1.807, 2.05) is 6.92 Å². The Kier molecular flexibility index (Phi) is 4.10. The third-order valence-electron chi connectivity index (χ3n) is 3.85. The first-order valence-electron chi connectivity index (χ1n) is 6.50. The molecule has 1 atom stereocenters. The molecule has 0 heterocycles. The van der Waals surface area contributed by atoms with Crippen molar-refractivity contribution in [2.24, 2.45) is 0 Å². The zero-order valence-electron chi connectivity index (χ0n) is 11.0. The summed E-state index contributed by atoms with van der Waals surface area (Å²) in [6, 6.07) is 6.48. The number of ether oxygens (including phenoxy) is 1. The molecule has 2 rings (SSSR count). The summed E-state index contributed by atoms with van der Waals surface area (Å²) in [5.41, 5.74) is 2.94. The maximum atomic E-state index is 11.5. The summed E-state index contributed by atoms with van der Waals surface area (Å²) in [7, 11) is 0. The highest BCUT2D eigenvalue weighted by Crippen LogP contribution is 2.42. The van der Waals surface area contributed by atoms with Crippen molar-refractivity contribution in [3.8, 4) is 0 Å². The van der Waals surface area contributed by atoms with Crippen molar-refractivity contribution in [1.82, 2.24) is 0 Å². The molecule has 0 saturated carbocycles. The van der Waals surface area contributed by atoms with E-state index in [0.717, 1.165) is 23.7 Å². The van der Waals surface area contributed by atoms with Crippen LogP contribution in [0.1, 0.15) is 44.2 Å². The summed E-state index contributed by atoms with van der Waals surface area (Å²) < 4.78 is 6.14. The maximum Gasteiger partial charge on any atom is 0.305 e. The number of carbonyl (C=O) groups excluding carboxylic acids is 1. The number of aryl methyl sites for hydroxylation is 1. The Labute approximate surface area is 117 Å². The Morgan fingerprint density at radius 1 is 1.50 bits per heavy atom. The molecule has 0 bridgehead atoms. The Morgan fingerprint density at radius 3 is 3.00 bits per heavy atom. The fourth-order valence-corrected chi connectivity index (χ4v) is 3.18. The number of halogens is 1. The molecule has 1 aliphatic rings. The van der Waals surface area contributed by atoms with Gasteiger partial charge in [-0.3, -0.25) is 4.79 Å². The largest absolute Gasteiger partial charge is 0.466 e. The van der Waals surface area contributed by atoms with Crippen LogP contribution in [-0.2, 0) is 21.4 Å². The first-order valence-corrected chi connectivity index (χ1v) is 7.29. The number of carbonyl (C=O) groups is 1. The number of hydrogen-bond donors (Lipinski definition) is 0. The van der Waals surface area contributed by atoms with Crippen molar-refractivity contribution in [3.05, 3.63) is 33.8 Å². The van der Waals surface area contributed by atoms with E-state index in [9.17, 15) is 4.79 Å². The standard InChI is InChI=1S/C15H19BrO2/c1-3-18-14(17)7-9-15(2)8-6-11-10-12(16)4-5-13(11)15/h4-5,10H,3,6-9H2,1-2H3. The van der Waals surface area contributed by atoms with Crippen LogP contribution in [0, 0.1) is 0 Å². The third-order valence-corrected chi connectivity index (χ3v) is 4.34. The van der Waals surface area contributed by atoms with E-state index in [4.69, 9.17) is 4.74 Å². The highest BCUT2D eigenvalue weighted by Gasteiger charge is 2.34. The Balaban J connectivity index is 2.08. The lowest BCUT2D eigenvalue weighted by Gasteiger charge is -2.25. The fourth-order valence-electron chi connectivity index (χ4n) is 2.77. The first-order chi connectivity index (χ1) is 8.55. The van der Waals surface area contributed by atoms with Crippen molar-refractivity contribution in [2.75, 3.05) is 6.61 Å². The van der Waals surface area contributed by atoms with Crippen LogP contribution in [0.3, 0.4) is 0 Å². The van der Waals surface area contributed by atoms with E-state index in [-0.39, 0.29) is 11.4 Å². The molecule has 1 aromatic carbocycles. The van der Waals surface area contributed by atoms with Crippen LogP contribution >= 0.6 is 15.9 Å². The zero-order valence-corrected chi connectivity index (χ0v) is 12.5. The van der Waals surface area contributed by atoms with Crippen molar-refractivity contribution in [1.29, 1.82) is 0 Å². The predicted molar refractivity (Wildman–Crippen MR) is 75.7 cm³/mol. The van der Waals surface area contributed by atoms with E-state index in [1.165, 1.54) is 11.1 Å². The molecule has 0 amide bonds. The average Bonchev–Trinajstić information content (AvgIpc) is 2.65. The molecule has 0 radical (unpaired) electrons. The lowest BCUT2D eigenvalue weighted by Crippen LogP contribution is -2.20. The summed E-state index contributed by atoms with van der Waals surface area (Å²) in [6.07, 6.45) is 3.62. The SMILES string of the molecule is CCOC(=O)CCC1(C)CCc2cc(Br)ccc21. The molecule has 0 spiro atoms. The van der Waals surface area contributed by atoms with Gasteiger partial charge >= 0.3 is 5.97 Å². The summed E-state index contributed by atoms with van der Waals surface area (Å²) in [4.78, 5) is 11.5. The van der Waals surface area contributed by atoms with Crippen molar-refractivity contribution in [3.63, 3.8) is 0 Å². The first kappa shape index (κ1) is 13.6. The molecule has 0 aliphatic heterocycles. The molecule has 0 N–H and O–H groups in total. The summed E-state index contributed by atoms with van der Waals surface area (Å²) in [6.45, 7) is 4.58. The topological polar surface area (TPSA) is 26.3 Å². The van der Waals surface area contributed by atoms with Gasteiger partial charge in [-0.15, -0.1) is 0 Å². The van der Waals surface area contributed by atoms with Crippen molar-refractivity contribution >= 4 is 21.9 Å². The predicted octanol–water partition coefficient (Wildman–Crippen LogP) is 4.00. The van der Waals surface area contributed by atoms with E-state index >= 15 is 0 Å². The lowest BCUT2D eigenvalue weighted by atomic mass is 9.80. The Hall–Kier alpha value is -0.830. The number of esters is 1. The van der Waals surface area contributed by atoms with Crippen LogP contribution < -0.4 is 0 Å². The fraction of sp³-hybridized carbons (Fsp3) is 0.533. The Bertz CT molecular complexity index is 456. The summed E-state index contributed by atoms with van der Waals surface area (Å²) in [5.74, 6) is -0.0794. The molecule has 18 heavy (non-hydrogen) atoms. The second kappa shape index (κ2) is 5.43.